The normalized spacial score (nSPS) is 11.2. The lowest BCUT2D eigenvalue weighted by Gasteiger charge is -2.08. The van der Waals surface area contributed by atoms with Crippen LogP contribution in [-0.4, -0.2) is 23.4 Å². The van der Waals surface area contributed by atoms with Crippen LogP contribution in [0, 0.1) is 0 Å². The van der Waals surface area contributed by atoms with Crippen LogP contribution in [0.15, 0.2) is 30.1 Å². The number of alkyl halides is 1. The number of nitrogens with zero attached hydrogens (tertiary/aromatic N) is 1. The Morgan fingerprint density at radius 1 is 1.53 bits per heavy atom. The Morgan fingerprint density at radius 2 is 2.32 bits per heavy atom. The lowest BCUT2D eigenvalue weighted by molar-refractivity contribution is -0.142. The van der Waals surface area contributed by atoms with Crippen molar-refractivity contribution in [2.75, 3.05) is 12.5 Å². The number of carbonyl (C=O) groups excluding carboxylic acids is 1. The highest BCUT2D eigenvalue weighted by Crippen LogP contribution is 2.06. The van der Waals surface area contributed by atoms with E-state index in [9.17, 15) is 4.79 Å². The van der Waals surface area contributed by atoms with Crippen LogP contribution in [-0.2, 0) is 16.1 Å². The quantitative estimate of drug-likeness (QED) is 0.478. The van der Waals surface area contributed by atoms with Crippen LogP contribution in [0.5, 0.6) is 0 Å². The summed E-state index contributed by atoms with van der Waals surface area (Å²) in [6.45, 7) is 2.73. The van der Waals surface area contributed by atoms with Gasteiger partial charge in [-0.2, -0.15) is 0 Å². The zero-order valence-electron chi connectivity index (χ0n) is 10.7. The summed E-state index contributed by atoms with van der Waals surface area (Å²) in [6, 6.07) is 3.60. The average Bonchev–Trinajstić information content (AvgIpc) is 2.41. The smallest absolute Gasteiger partial charge is 0.309 e. The third-order valence-electron chi connectivity index (χ3n) is 2.27. The lowest BCUT2D eigenvalue weighted by Crippen LogP contribution is -2.15. The summed E-state index contributed by atoms with van der Waals surface area (Å²) in [4.78, 5) is 15.2. The summed E-state index contributed by atoms with van der Waals surface area (Å²) in [5, 5.41) is 3.60. The maximum absolute atomic E-state index is 11.2. The first kappa shape index (κ1) is 15.8. The molecule has 0 radical (unpaired) electrons. The molecule has 0 saturated heterocycles. The van der Waals surface area contributed by atoms with E-state index in [1.165, 1.54) is 0 Å². The second-order valence-corrected chi connectivity index (χ2v) is 4.37. The van der Waals surface area contributed by atoms with Crippen molar-refractivity contribution in [3.8, 4) is 0 Å². The van der Waals surface area contributed by atoms with E-state index >= 15 is 0 Å². The molecule has 0 spiro atoms. The molecule has 6 heteroatoms. The maximum Gasteiger partial charge on any atom is 0.309 e. The van der Waals surface area contributed by atoms with Crippen LogP contribution < -0.4 is 5.32 Å². The van der Waals surface area contributed by atoms with Gasteiger partial charge in [0.25, 0.3) is 0 Å². The van der Waals surface area contributed by atoms with E-state index in [2.05, 4.69) is 10.3 Å². The summed E-state index contributed by atoms with van der Waals surface area (Å²) < 4.78 is 4.83. The number of rotatable bonds is 7. The molecule has 0 bridgehead atoms. The summed E-state index contributed by atoms with van der Waals surface area (Å²) in [7, 11) is 0. The second-order valence-electron chi connectivity index (χ2n) is 3.71. The molecule has 1 N–H and O–H groups in total. The molecule has 0 saturated carbocycles. The van der Waals surface area contributed by atoms with Crippen LogP contribution in [0.2, 0.25) is 5.15 Å². The number of esters is 1. The van der Waals surface area contributed by atoms with E-state index in [0.717, 1.165) is 11.3 Å². The molecule has 0 aromatic carbocycles. The Hall–Kier alpha value is -1.26. The van der Waals surface area contributed by atoms with Gasteiger partial charge in [0.1, 0.15) is 5.15 Å². The lowest BCUT2D eigenvalue weighted by atomic mass is 10.2. The monoisotopic (exact) mass is 302 g/mol. The number of carbonyl (C=O) groups is 1. The van der Waals surface area contributed by atoms with Crippen molar-refractivity contribution in [3.05, 3.63) is 40.8 Å². The highest BCUT2D eigenvalue weighted by atomic mass is 35.5. The number of pyridine rings is 1. The molecule has 0 aliphatic rings. The molecule has 0 aliphatic carbocycles. The molecule has 1 heterocycles. The van der Waals surface area contributed by atoms with Gasteiger partial charge in [0.15, 0.2) is 0 Å². The van der Waals surface area contributed by atoms with E-state index in [0.29, 0.717) is 24.2 Å². The van der Waals surface area contributed by atoms with Gasteiger partial charge in [0, 0.05) is 18.4 Å². The Labute approximate surface area is 122 Å². The van der Waals surface area contributed by atoms with Gasteiger partial charge >= 0.3 is 5.97 Å². The number of ether oxygens (including phenoxy) is 1. The first-order valence-corrected chi connectivity index (χ1v) is 6.82. The molecule has 4 nitrogen and oxygen atoms in total. The first-order valence-electron chi connectivity index (χ1n) is 5.90. The van der Waals surface area contributed by atoms with Gasteiger partial charge in [-0.15, -0.1) is 11.6 Å². The van der Waals surface area contributed by atoms with Crippen molar-refractivity contribution in [2.45, 2.75) is 19.9 Å². The molecule has 0 unspecified atom stereocenters. The number of nitrogens with one attached hydrogen (secondary N) is 1. The van der Waals surface area contributed by atoms with Crippen LogP contribution in [0.1, 0.15) is 18.9 Å². The molecule has 104 valence electrons. The number of hydrogen-bond acceptors (Lipinski definition) is 4. The molecule has 1 aromatic heterocycles. The number of aromatic nitrogens is 1. The predicted octanol–water partition coefficient (Wildman–Crippen LogP) is 2.90. The Morgan fingerprint density at radius 3 is 2.89 bits per heavy atom. The van der Waals surface area contributed by atoms with Gasteiger partial charge in [-0.25, -0.2) is 4.98 Å². The third kappa shape index (κ3) is 6.45. The Kier molecular flexibility index (Phi) is 7.30. The minimum Gasteiger partial charge on any atom is -0.466 e. The van der Waals surface area contributed by atoms with Crippen molar-refractivity contribution < 1.29 is 9.53 Å². The molecule has 19 heavy (non-hydrogen) atoms. The largest absolute Gasteiger partial charge is 0.466 e. The topological polar surface area (TPSA) is 51.2 Å². The van der Waals surface area contributed by atoms with Gasteiger partial charge in [-0.1, -0.05) is 23.7 Å². The standard InChI is InChI=1S/C13H16Cl2N2O2/c1-2-19-13(18)6-4-11(7-14)16-8-10-3-5-12(15)17-9-10/h3-5,9,16H,2,6-8H2,1H3/b11-4-. The minimum absolute atomic E-state index is 0.210. The third-order valence-corrected chi connectivity index (χ3v) is 2.78. The summed E-state index contributed by atoms with van der Waals surface area (Å²) in [5.74, 6) is 0.0422. The minimum atomic E-state index is -0.264. The number of hydrogen-bond donors (Lipinski definition) is 1. The van der Waals surface area contributed by atoms with E-state index < -0.39 is 0 Å². The first-order chi connectivity index (χ1) is 9.15. The van der Waals surface area contributed by atoms with Crippen molar-refractivity contribution in [1.82, 2.24) is 10.3 Å². The van der Waals surface area contributed by atoms with Crippen LogP contribution in [0.3, 0.4) is 0 Å². The fourth-order valence-corrected chi connectivity index (χ4v) is 1.64. The fourth-order valence-electron chi connectivity index (χ4n) is 1.33. The molecule has 0 aliphatic heterocycles. The maximum atomic E-state index is 11.2. The molecule has 0 atom stereocenters. The molecule has 0 amide bonds. The van der Waals surface area contributed by atoms with Gasteiger partial charge in [0.05, 0.1) is 18.9 Å². The fraction of sp³-hybridized carbons (Fsp3) is 0.385. The van der Waals surface area contributed by atoms with Crippen molar-refractivity contribution in [2.24, 2.45) is 0 Å². The van der Waals surface area contributed by atoms with Crippen LogP contribution >= 0.6 is 23.2 Å². The van der Waals surface area contributed by atoms with Crippen molar-refractivity contribution in [3.63, 3.8) is 0 Å². The molecule has 0 fully saturated rings. The average molecular weight is 303 g/mol. The van der Waals surface area contributed by atoms with E-state index in [1.54, 1.807) is 25.3 Å². The molecular weight excluding hydrogens is 287 g/mol. The second kappa shape index (κ2) is 8.77. The highest BCUT2D eigenvalue weighted by Gasteiger charge is 2.01. The molecule has 1 aromatic rings. The van der Waals surface area contributed by atoms with Crippen molar-refractivity contribution >= 4 is 29.2 Å². The summed E-state index contributed by atoms with van der Waals surface area (Å²) in [5.41, 5.74) is 1.77. The van der Waals surface area contributed by atoms with E-state index in [4.69, 9.17) is 27.9 Å². The summed E-state index contributed by atoms with van der Waals surface area (Å²) in [6.07, 6.45) is 3.63. The molecule has 1 rings (SSSR count). The zero-order valence-corrected chi connectivity index (χ0v) is 12.2. The Bertz CT molecular complexity index is 433. The van der Waals surface area contributed by atoms with Crippen molar-refractivity contribution in [1.29, 1.82) is 0 Å². The highest BCUT2D eigenvalue weighted by molar-refractivity contribution is 6.29. The number of halogens is 2. The Balaban J connectivity index is 2.45. The van der Waals surface area contributed by atoms with E-state index in [1.807, 2.05) is 6.07 Å². The van der Waals surface area contributed by atoms with E-state index in [-0.39, 0.29) is 12.4 Å². The number of allylic oxidation sites excluding steroid dienone is 1. The van der Waals surface area contributed by atoms with Crippen LogP contribution in [0.25, 0.3) is 0 Å². The van der Waals surface area contributed by atoms with Gasteiger partial charge in [-0.05, 0) is 18.6 Å². The SMILES string of the molecule is CCOC(=O)C/C=C(/CCl)NCc1ccc(Cl)nc1. The summed E-state index contributed by atoms with van der Waals surface area (Å²) >= 11 is 11.5. The molecular formula is C13H16Cl2N2O2. The van der Waals surface area contributed by atoms with Crippen LogP contribution in [0.4, 0.5) is 0 Å². The van der Waals surface area contributed by atoms with Gasteiger partial charge in [0.2, 0.25) is 0 Å². The zero-order chi connectivity index (χ0) is 14.1. The van der Waals surface area contributed by atoms with Gasteiger partial charge in [-0.3, -0.25) is 4.79 Å². The predicted molar refractivity (Wildman–Crippen MR) is 76.1 cm³/mol. The van der Waals surface area contributed by atoms with Gasteiger partial charge < -0.3 is 10.1 Å².